The van der Waals surface area contributed by atoms with E-state index < -0.39 is 11.9 Å². The lowest BCUT2D eigenvalue weighted by atomic mass is 10.0. The molecule has 2 heterocycles. The molecule has 0 amide bonds. The van der Waals surface area contributed by atoms with E-state index in [2.05, 4.69) is 29.2 Å². The summed E-state index contributed by atoms with van der Waals surface area (Å²) >= 11 is 0. The van der Waals surface area contributed by atoms with Crippen LogP contribution in [-0.4, -0.2) is 39.9 Å². The molecule has 0 aliphatic carbocycles. The van der Waals surface area contributed by atoms with Gasteiger partial charge in [-0.1, -0.05) is 12.1 Å². The molecule has 1 aromatic carbocycles. The standard InChI is InChI=1S/C19H25F3N4/c1-14(2)25-10-7-16(8-11-25)23-13-15-3-5-17(6-4-15)26-12-9-18(24-26)19(20,21)22/h3-6,9,12,14,16,23H,7-8,10-11,13H2,1-2H3. The zero-order valence-electron chi connectivity index (χ0n) is 15.1. The summed E-state index contributed by atoms with van der Waals surface area (Å²) in [5, 5.41) is 7.18. The van der Waals surface area contributed by atoms with Crippen LogP contribution in [0.4, 0.5) is 13.2 Å². The van der Waals surface area contributed by atoms with E-state index in [1.807, 2.05) is 12.1 Å². The van der Waals surface area contributed by atoms with Gasteiger partial charge < -0.3 is 10.2 Å². The quantitative estimate of drug-likeness (QED) is 0.873. The Morgan fingerprint density at radius 1 is 1.12 bits per heavy atom. The van der Waals surface area contributed by atoms with Crippen LogP contribution in [-0.2, 0) is 12.7 Å². The summed E-state index contributed by atoms with van der Waals surface area (Å²) in [4.78, 5) is 2.49. The third-order valence-corrected chi connectivity index (χ3v) is 4.94. The first-order valence-corrected chi connectivity index (χ1v) is 9.02. The number of piperidine rings is 1. The van der Waals surface area contributed by atoms with Crippen molar-refractivity contribution in [1.29, 1.82) is 0 Å². The fourth-order valence-corrected chi connectivity index (χ4v) is 3.27. The summed E-state index contributed by atoms with van der Waals surface area (Å²) in [5.41, 5.74) is 0.855. The molecule has 26 heavy (non-hydrogen) atoms. The molecule has 0 atom stereocenters. The fraction of sp³-hybridized carbons (Fsp3) is 0.526. The monoisotopic (exact) mass is 366 g/mol. The molecule has 1 saturated heterocycles. The molecule has 1 aromatic heterocycles. The van der Waals surface area contributed by atoms with E-state index in [1.165, 1.54) is 10.9 Å². The second-order valence-corrected chi connectivity index (χ2v) is 7.09. The molecule has 1 aliphatic heterocycles. The molecule has 4 nitrogen and oxygen atoms in total. The summed E-state index contributed by atoms with van der Waals surface area (Å²) in [7, 11) is 0. The smallest absolute Gasteiger partial charge is 0.310 e. The number of benzene rings is 1. The molecule has 0 radical (unpaired) electrons. The van der Waals surface area contributed by atoms with Gasteiger partial charge in [0.15, 0.2) is 5.69 Å². The van der Waals surface area contributed by atoms with Gasteiger partial charge in [0.05, 0.1) is 5.69 Å². The van der Waals surface area contributed by atoms with Gasteiger partial charge in [-0.25, -0.2) is 4.68 Å². The van der Waals surface area contributed by atoms with E-state index in [-0.39, 0.29) is 0 Å². The molecule has 142 valence electrons. The van der Waals surface area contributed by atoms with Crippen molar-refractivity contribution in [2.45, 2.75) is 51.5 Å². The Morgan fingerprint density at radius 2 is 1.77 bits per heavy atom. The molecule has 1 aliphatic rings. The van der Waals surface area contributed by atoms with Crippen LogP contribution in [0.25, 0.3) is 5.69 Å². The van der Waals surface area contributed by atoms with Crippen LogP contribution >= 0.6 is 0 Å². The van der Waals surface area contributed by atoms with Crippen molar-refractivity contribution < 1.29 is 13.2 Å². The lowest BCUT2D eigenvalue weighted by Crippen LogP contribution is -2.44. The number of rotatable bonds is 5. The van der Waals surface area contributed by atoms with Crippen molar-refractivity contribution in [2.24, 2.45) is 0 Å². The van der Waals surface area contributed by atoms with Crippen molar-refractivity contribution in [1.82, 2.24) is 20.0 Å². The van der Waals surface area contributed by atoms with Gasteiger partial charge in [-0.2, -0.15) is 18.3 Å². The lowest BCUT2D eigenvalue weighted by molar-refractivity contribution is -0.141. The summed E-state index contributed by atoms with van der Waals surface area (Å²) in [5.74, 6) is 0. The van der Waals surface area contributed by atoms with Crippen LogP contribution < -0.4 is 5.32 Å². The average molecular weight is 366 g/mol. The van der Waals surface area contributed by atoms with Crippen LogP contribution in [0.5, 0.6) is 0 Å². The predicted octanol–water partition coefficient (Wildman–Crippen LogP) is 3.85. The lowest BCUT2D eigenvalue weighted by Gasteiger charge is -2.35. The third-order valence-electron chi connectivity index (χ3n) is 4.94. The predicted molar refractivity (Wildman–Crippen MR) is 95.1 cm³/mol. The molecule has 0 saturated carbocycles. The van der Waals surface area contributed by atoms with Gasteiger partial charge in [-0.3, -0.25) is 0 Å². The highest BCUT2D eigenvalue weighted by molar-refractivity contribution is 5.34. The van der Waals surface area contributed by atoms with Crippen molar-refractivity contribution in [2.75, 3.05) is 13.1 Å². The van der Waals surface area contributed by atoms with Gasteiger partial charge in [0.2, 0.25) is 0 Å². The van der Waals surface area contributed by atoms with Crippen molar-refractivity contribution in [3.8, 4) is 5.69 Å². The molecule has 1 N–H and O–H groups in total. The maximum Gasteiger partial charge on any atom is 0.435 e. The second kappa shape index (κ2) is 7.80. The van der Waals surface area contributed by atoms with E-state index in [4.69, 9.17) is 0 Å². The van der Waals surface area contributed by atoms with E-state index in [0.717, 1.165) is 44.1 Å². The van der Waals surface area contributed by atoms with Gasteiger partial charge in [-0.05, 0) is 63.5 Å². The van der Waals surface area contributed by atoms with Crippen LogP contribution in [0.15, 0.2) is 36.5 Å². The fourth-order valence-electron chi connectivity index (χ4n) is 3.27. The number of alkyl halides is 3. The minimum atomic E-state index is -4.42. The highest BCUT2D eigenvalue weighted by atomic mass is 19.4. The molecule has 2 aromatic rings. The number of aromatic nitrogens is 2. The number of hydrogen-bond acceptors (Lipinski definition) is 3. The zero-order valence-corrected chi connectivity index (χ0v) is 15.1. The van der Waals surface area contributed by atoms with Gasteiger partial charge >= 0.3 is 6.18 Å². The number of nitrogens with zero attached hydrogens (tertiary/aromatic N) is 3. The molecule has 3 rings (SSSR count). The molecule has 1 fully saturated rings. The maximum atomic E-state index is 12.6. The van der Waals surface area contributed by atoms with Crippen LogP contribution in [0, 0.1) is 0 Å². The summed E-state index contributed by atoms with van der Waals surface area (Å²) in [6.45, 7) is 7.46. The maximum absolute atomic E-state index is 12.6. The van der Waals surface area contributed by atoms with Crippen molar-refractivity contribution >= 4 is 0 Å². The molecular weight excluding hydrogens is 341 g/mol. The highest BCUT2D eigenvalue weighted by Crippen LogP contribution is 2.27. The van der Waals surface area contributed by atoms with Crippen molar-refractivity contribution in [3.63, 3.8) is 0 Å². The number of hydrogen-bond donors (Lipinski definition) is 1. The largest absolute Gasteiger partial charge is 0.435 e. The first-order valence-electron chi connectivity index (χ1n) is 9.02. The molecule has 0 spiro atoms. The van der Waals surface area contributed by atoms with Crippen LogP contribution in [0.2, 0.25) is 0 Å². The Kier molecular flexibility index (Phi) is 5.67. The average Bonchev–Trinajstić information content (AvgIpc) is 3.11. The molecule has 7 heteroatoms. The summed E-state index contributed by atoms with van der Waals surface area (Å²) in [6.07, 6.45) is -0.799. The number of nitrogens with one attached hydrogen (secondary N) is 1. The van der Waals surface area contributed by atoms with E-state index >= 15 is 0 Å². The second-order valence-electron chi connectivity index (χ2n) is 7.09. The van der Waals surface area contributed by atoms with E-state index in [9.17, 15) is 13.2 Å². The first-order chi connectivity index (χ1) is 12.3. The first kappa shape index (κ1) is 18.9. The Morgan fingerprint density at radius 3 is 2.31 bits per heavy atom. The van der Waals surface area contributed by atoms with Gasteiger partial charge in [0.1, 0.15) is 0 Å². The zero-order chi connectivity index (χ0) is 18.7. The summed E-state index contributed by atoms with van der Waals surface area (Å²) in [6, 6.07) is 9.56. The molecule has 0 bridgehead atoms. The van der Waals surface area contributed by atoms with Gasteiger partial charge in [0.25, 0.3) is 0 Å². The Labute approximate surface area is 152 Å². The van der Waals surface area contributed by atoms with Gasteiger partial charge in [-0.15, -0.1) is 0 Å². The summed E-state index contributed by atoms with van der Waals surface area (Å²) < 4.78 is 39.2. The third kappa shape index (κ3) is 4.65. The van der Waals surface area contributed by atoms with E-state index in [1.54, 1.807) is 12.1 Å². The Hall–Kier alpha value is -1.86. The van der Waals surface area contributed by atoms with Crippen molar-refractivity contribution in [3.05, 3.63) is 47.8 Å². The molecule has 0 unspecified atom stereocenters. The number of likely N-dealkylation sites (tertiary alicyclic amines) is 1. The highest BCUT2D eigenvalue weighted by Gasteiger charge is 2.33. The van der Waals surface area contributed by atoms with Gasteiger partial charge in [0, 0.05) is 24.8 Å². The number of halogens is 3. The van der Waals surface area contributed by atoms with Crippen LogP contribution in [0.3, 0.4) is 0 Å². The Balaban J connectivity index is 1.53. The Bertz CT molecular complexity index is 698. The van der Waals surface area contributed by atoms with Crippen LogP contribution in [0.1, 0.15) is 37.9 Å². The SMILES string of the molecule is CC(C)N1CCC(NCc2ccc(-n3ccc(C(F)(F)F)n3)cc2)CC1. The van der Waals surface area contributed by atoms with E-state index in [0.29, 0.717) is 17.8 Å². The normalized spacial score (nSPS) is 17.2. The minimum absolute atomic E-state index is 0.519. The topological polar surface area (TPSA) is 33.1 Å². The minimum Gasteiger partial charge on any atom is -0.310 e. The molecular formula is C19H25F3N4.